The largest absolute Gasteiger partial charge is 0.496 e. The number of hydrogen-bond donors (Lipinski definition) is 3. The minimum absolute atomic E-state index is 0.0150. The van der Waals surface area contributed by atoms with Gasteiger partial charge in [0, 0.05) is 24.0 Å². The molecule has 202 valence electrons. The first-order valence-electron chi connectivity index (χ1n) is 12.3. The molecule has 0 aliphatic carbocycles. The van der Waals surface area contributed by atoms with Crippen LogP contribution >= 0.6 is 0 Å². The van der Waals surface area contributed by atoms with Crippen LogP contribution in [0.1, 0.15) is 44.1 Å². The summed E-state index contributed by atoms with van der Waals surface area (Å²) in [4.78, 5) is 55.3. The predicted molar refractivity (Wildman–Crippen MR) is 138 cm³/mol. The Bertz CT molecular complexity index is 1290. The lowest BCUT2D eigenvalue weighted by molar-refractivity contribution is -0.124. The van der Waals surface area contributed by atoms with E-state index in [0.29, 0.717) is 29.6 Å². The van der Waals surface area contributed by atoms with Crippen LogP contribution < -0.4 is 15.4 Å². The van der Waals surface area contributed by atoms with E-state index < -0.39 is 51.0 Å². The first kappa shape index (κ1) is 28.2. The fraction of sp³-hybridized carbons (Fsp3) is 0.520. The number of aromatic nitrogens is 1. The number of nitrogens with zero attached hydrogens (tertiary/aromatic N) is 1. The highest BCUT2D eigenvalue weighted by Crippen LogP contribution is 2.26. The molecule has 11 nitrogen and oxygen atoms in total. The molecule has 0 radical (unpaired) electrons. The summed E-state index contributed by atoms with van der Waals surface area (Å²) in [6.07, 6.45) is 0.708. The van der Waals surface area contributed by atoms with Crippen LogP contribution in [0.2, 0.25) is 0 Å². The number of benzene rings is 1. The van der Waals surface area contributed by atoms with Gasteiger partial charge in [-0.2, -0.15) is 0 Å². The summed E-state index contributed by atoms with van der Waals surface area (Å²) in [5.74, 6) is -1.77. The maximum absolute atomic E-state index is 13.4. The highest BCUT2D eigenvalue weighted by molar-refractivity contribution is 8.05. The molecule has 0 spiro atoms. The minimum Gasteiger partial charge on any atom is -0.496 e. The molecule has 0 bridgehead atoms. The van der Waals surface area contributed by atoms with Gasteiger partial charge in [0.05, 0.1) is 31.4 Å². The molecule has 1 aliphatic rings. The number of fused-ring (bicyclic) bond motifs is 1. The van der Waals surface area contributed by atoms with Crippen LogP contribution in [0.3, 0.4) is 0 Å². The Balaban J connectivity index is 1.82. The van der Waals surface area contributed by atoms with Crippen molar-refractivity contribution in [1.29, 1.82) is 0 Å². The van der Waals surface area contributed by atoms with E-state index in [1.54, 1.807) is 24.3 Å². The van der Waals surface area contributed by atoms with E-state index in [1.807, 2.05) is 13.8 Å². The third-order valence-electron chi connectivity index (χ3n) is 6.34. The minimum atomic E-state index is -4.14. The molecule has 2 aromatic rings. The van der Waals surface area contributed by atoms with Crippen molar-refractivity contribution in [3.8, 4) is 5.75 Å². The van der Waals surface area contributed by atoms with E-state index in [2.05, 4.69) is 15.6 Å². The Labute approximate surface area is 216 Å². The lowest BCUT2D eigenvalue weighted by Gasteiger charge is -2.27. The van der Waals surface area contributed by atoms with Gasteiger partial charge in [-0.3, -0.25) is 19.2 Å². The molecule has 1 aromatic carbocycles. The summed E-state index contributed by atoms with van der Waals surface area (Å²) in [7, 11) is -2.61. The summed E-state index contributed by atoms with van der Waals surface area (Å²) in [6, 6.07) is 6.00. The van der Waals surface area contributed by atoms with Gasteiger partial charge < -0.3 is 25.3 Å². The molecule has 2 atom stereocenters. The first-order chi connectivity index (χ1) is 17.5. The molecule has 1 aliphatic heterocycles. The quantitative estimate of drug-likeness (QED) is 0.398. The van der Waals surface area contributed by atoms with Gasteiger partial charge in [0.1, 0.15) is 11.4 Å². The van der Waals surface area contributed by atoms with Crippen molar-refractivity contribution in [3.63, 3.8) is 0 Å². The smallest absolute Gasteiger partial charge is 0.339 e. The van der Waals surface area contributed by atoms with Crippen molar-refractivity contribution < 1.29 is 32.3 Å². The second-order valence-corrected chi connectivity index (χ2v) is 11.7. The molecule has 37 heavy (non-hydrogen) atoms. The molecule has 12 heteroatoms. The van der Waals surface area contributed by atoms with Crippen LogP contribution in [0.25, 0.3) is 10.9 Å². The molecule has 1 aromatic heterocycles. The number of hydrogen-bond acceptors (Lipinski definition) is 7. The van der Waals surface area contributed by atoms with Gasteiger partial charge >= 0.3 is 5.24 Å². The standard InChI is InChI=1S/C25H34N4O7S/c1-5-37(34,35)25(33)29(13-16-9-10-26-23(16)31)14-21(30)19(11-15(2)3)28-24(32)20-12-17-18(27-20)7-6-8-22(17)36-4/h6-8,12,15-16,19,27H,5,9-11,13-14H2,1-4H3,(H,26,31)(H,28,32)/t16-,19-/m0/s1. The molecular weight excluding hydrogens is 500 g/mol. The zero-order chi connectivity index (χ0) is 27.3. The van der Waals surface area contributed by atoms with Gasteiger partial charge in [0.2, 0.25) is 15.7 Å². The van der Waals surface area contributed by atoms with E-state index in [-0.39, 0.29) is 30.5 Å². The average molecular weight is 535 g/mol. The number of ketones is 1. The molecule has 3 amide bonds. The Morgan fingerprint density at radius 3 is 2.57 bits per heavy atom. The Hall–Kier alpha value is -3.41. The van der Waals surface area contributed by atoms with Crippen LogP contribution in [-0.4, -0.2) is 79.7 Å². The molecular formula is C25H34N4O7S. The monoisotopic (exact) mass is 534 g/mol. The normalized spacial score (nSPS) is 16.5. The van der Waals surface area contributed by atoms with Crippen LogP contribution in [0.4, 0.5) is 4.79 Å². The number of H-pyrrole nitrogens is 1. The van der Waals surface area contributed by atoms with Crippen molar-refractivity contribution >= 4 is 43.6 Å². The summed E-state index contributed by atoms with van der Waals surface area (Å²) < 4.78 is 30.0. The van der Waals surface area contributed by atoms with Gasteiger partial charge in [-0.15, -0.1) is 0 Å². The van der Waals surface area contributed by atoms with Gasteiger partial charge in [-0.25, -0.2) is 8.42 Å². The van der Waals surface area contributed by atoms with Gasteiger partial charge in [0.25, 0.3) is 5.91 Å². The van der Waals surface area contributed by atoms with Crippen LogP contribution in [-0.2, 0) is 19.4 Å². The second-order valence-electron chi connectivity index (χ2n) is 9.55. The van der Waals surface area contributed by atoms with E-state index in [1.165, 1.54) is 14.0 Å². The SMILES string of the molecule is CCS(=O)(=O)C(=O)N(CC(=O)[C@H](CC(C)C)NC(=O)c1cc2c(OC)cccc2[nH]1)C[C@@H]1CCNC1=O. The van der Waals surface area contributed by atoms with Gasteiger partial charge in [0.15, 0.2) is 5.78 Å². The van der Waals surface area contributed by atoms with Crippen molar-refractivity contribution in [2.24, 2.45) is 11.8 Å². The predicted octanol–water partition coefficient (Wildman–Crippen LogP) is 1.88. The van der Waals surface area contributed by atoms with Gasteiger partial charge in [-0.1, -0.05) is 26.8 Å². The molecule has 1 saturated heterocycles. The summed E-state index contributed by atoms with van der Waals surface area (Å²) in [5.41, 5.74) is 0.915. The maximum atomic E-state index is 13.4. The summed E-state index contributed by atoms with van der Waals surface area (Å²) in [6.45, 7) is 4.79. The number of Topliss-reactive ketones (excluding diaryl/α,β-unsaturated/α-hetero) is 1. The molecule has 0 saturated carbocycles. The van der Waals surface area contributed by atoms with Crippen molar-refractivity contribution in [2.45, 2.75) is 39.7 Å². The van der Waals surface area contributed by atoms with Crippen molar-refractivity contribution in [2.75, 3.05) is 32.5 Å². The average Bonchev–Trinajstić information content (AvgIpc) is 3.48. The Morgan fingerprint density at radius 2 is 1.97 bits per heavy atom. The first-order valence-corrected chi connectivity index (χ1v) is 13.9. The number of amides is 3. The van der Waals surface area contributed by atoms with Crippen molar-refractivity contribution in [3.05, 3.63) is 30.0 Å². The number of carbonyl (C=O) groups is 4. The number of ether oxygens (including phenoxy) is 1. The number of aromatic amines is 1. The van der Waals surface area contributed by atoms with E-state index in [9.17, 15) is 27.6 Å². The third-order valence-corrected chi connectivity index (χ3v) is 7.89. The molecule has 3 rings (SSSR count). The van der Waals surface area contributed by atoms with E-state index in [4.69, 9.17) is 4.74 Å². The van der Waals surface area contributed by atoms with Crippen LogP contribution in [0.15, 0.2) is 24.3 Å². The van der Waals surface area contributed by atoms with Crippen molar-refractivity contribution in [1.82, 2.24) is 20.5 Å². The molecule has 0 unspecified atom stereocenters. The van der Waals surface area contributed by atoms with E-state index in [0.717, 1.165) is 4.90 Å². The molecule has 2 heterocycles. The van der Waals surface area contributed by atoms with Crippen LogP contribution in [0, 0.1) is 11.8 Å². The number of methoxy groups -OCH3 is 1. The van der Waals surface area contributed by atoms with E-state index >= 15 is 0 Å². The van der Waals surface area contributed by atoms with Crippen LogP contribution in [0.5, 0.6) is 5.75 Å². The second kappa shape index (κ2) is 11.8. The third kappa shape index (κ3) is 6.68. The Morgan fingerprint density at radius 1 is 1.24 bits per heavy atom. The molecule has 3 N–H and O–H groups in total. The maximum Gasteiger partial charge on any atom is 0.339 e. The lowest BCUT2D eigenvalue weighted by Crippen LogP contribution is -2.49. The number of sulfone groups is 1. The Kier molecular flexibility index (Phi) is 8.95. The summed E-state index contributed by atoms with van der Waals surface area (Å²) >= 11 is 0. The zero-order valence-electron chi connectivity index (χ0n) is 21.5. The number of carbonyl (C=O) groups excluding carboxylic acids is 4. The lowest BCUT2D eigenvalue weighted by atomic mass is 9.99. The fourth-order valence-electron chi connectivity index (χ4n) is 4.31. The number of rotatable bonds is 11. The molecule has 1 fully saturated rings. The summed E-state index contributed by atoms with van der Waals surface area (Å²) in [5, 5.41) is 4.90. The number of nitrogens with one attached hydrogen (secondary N) is 3. The topological polar surface area (TPSA) is 155 Å². The highest BCUT2D eigenvalue weighted by atomic mass is 32.2. The zero-order valence-corrected chi connectivity index (χ0v) is 22.3. The fourth-order valence-corrected chi connectivity index (χ4v) is 5.09. The van der Waals surface area contributed by atoms with Gasteiger partial charge in [-0.05, 0) is 37.0 Å². The highest BCUT2D eigenvalue weighted by Gasteiger charge is 2.35.